The zero-order valence-corrected chi connectivity index (χ0v) is 18.3. The van der Waals surface area contributed by atoms with Gasteiger partial charge < -0.3 is 25.6 Å². The minimum absolute atomic E-state index is 0.173. The molecule has 0 aliphatic carbocycles. The van der Waals surface area contributed by atoms with E-state index in [4.69, 9.17) is 24.5 Å². The van der Waals surface area contributed by atoms with Crippen molar-refractivity contribution < 1.29 is 34.1 Å². The number of aliphatic carboxylic acids is 2. The summed E-state index contributed by atoms with van der Waals surface area (Å²) in [5.41, 5.74) is 2.10. The van der Waals surface area contributed by atoms with E-state index in [9.17, 15) is 9.59 Å². The van der Waals surface area contributed by atoms with E-state index in [2.05, 4.69) is 24.5 Å². The second kappa shape index (κ2) is 13.1. The maximum absolute atomic E-state index is 12.4. The highest BCUT2D eigenvalue weighted by Gasteiger charge is 2.22. The van der Waals surface area contributed by atoms with E-state index in [1.807, 2.05) is 35.7 Å². The van der Waals surface area contributed by atoms with Crippen molar-refractivity contribution in [1.82, 2.24) is 5.32 Å². The van der Waals surface area contributed by atoms with Crippen molar-refractivity contribution in [2.75, 3.05) is 25.0 Å². The predicted molar refractivity (Wildman–Crippen MR) is 117 cm³/mol. The van der Waals surface area contributed by atoms with Gasteiger partial charge >= 0.3 is 17.9 Å². The van der Waals surface area contributed by atoms with Crippen LogP contribution in [0.15, 0.2) is 35.7 Å². The first-order chi connectivity index (χ1) is 14.7. The number of carboxylic acids is 2. The Labute approximate surface area is 184 Å². The molecule has 0 saturated carbocycles. The largest absolute Gasteiger partial charge is 0.473 e. The molecule has 2 aromatic rings. The third-order valence-electron chi connectivity index (χ3n) is 3.63. The molecular weight excluding hydrogens is 424 g/mol. The minimum atomic E-state index is -1.82. The molecule has 2 rings (SSSR count). The maximum Gasteiger partial charge on any atom is 0.414 e. The number of hydrogen-bond donors (Lipinski definition) is 4. The van der Waals surface area contributed by atoms with E-state index < -0.39 is 17.9 Å². The van der Waals surface area contributed by atoms with E-state index in [1.54, 1.807) is 6.92 Å². The number of carboxylic acid groups (broad SMARTS) is 2. The molecule has 0 saturated heterocycles. The monoisotopic (exact) mass is 450 g/mol. The molecule has 0 atom stereocenters. The maximum atomic E-state index is 12.4. The summed E-state index contributed by atoms with van der Waals surface area (Å²) in [4.78, 5) is 42.8. The topological polar surface area (TPSA) is 142 Å². The Hall–Kier alpha value is -3.24. The van der Waals surface area contributed by atoms with E-state index in [0.29, 0.717) is 16.5 Å². The Morgan fingerprint density at radius 2 is 1.68 bits per heavy atom. The molecule has 9 nitrogen and oxygen atoms in total. The van der Waals surface area contributed by atoms with Crippen LogP contribution in [0.5, 0.6) is 0 Å². The lowest BCUT2D eigenvalue weighted by atomic mass is 10.0. The van der Waals surface area contributed by atoms with Crippen LogP contribution >= 0.6 is 11.3 Å². The Kier molecular flexibility index (Phi) is 10.9. The van der Waals surface area contributed by atoms with Crippen LogP contribution < -0.4 is 10.6 Å². The Morgan fingerprint density at radius 1 is 1.06 bits per heavy atom. The van der Waals surface area contributed by atoms with Crippen LogP contribution in [0.1, 0.15) is 31.1 Å². The van der Waals surface area contributed by atoms with Gasteiger partial charge in [0.1, 0.15) is 10.6 Å². The molecule has 10 heteroatoms. The highest BCUT2D eigenvalue weighted by Crippen LogP contribution is 2.36. The molecule has 0 aliphatic rings. The molecule has 0 unspecified atom stereocenters. The highest BCUT2D eigenvalue weighted by molar-refractivity contribution is 7.15. The number of nitrogens with one attached hydrogen (secondary N) is 2. The smallest absolute Gasteiger partial charge is 0.414 e. The number of thiophene rings is 1. The van der Waals surface area contributed by atoms with Crippen LogP contribution in [0.2, 0.25) is 0 Å². The molecule has 0 bridgehead atoms. The van der Waals surface area contributed by atoms with Gasteiger partial charge in [-0.2, -0.15) is 0 Å². The summed E-state index contributed by atoms with van der Waals surface area (Å²) in [7, 11) is 0. The summed E-state index contributed by atoms with van der Waals surface area (Å²) in [6, 6.07) is 9.61. The Morgan fingerprint density at radius 3 is 2.19 bits per heavy atom. The summed E-state index contributed by atoms with van der Waals surface area (Å²) >= 11 is 1.33. The molecule has 1 amide bonds. The summed E-state index contributed by atoms with van der Waals surface area (Å²) in [5, 5.41) is 23.1. The molecule has 0 fully saturated rings. The van der Waals surface area contributed by atoms with Crippen LogP contribution in [0, 0.1) is 5.92 Å². The van der Waals surface area contributed by atoms with E-state index in [-0.39, 0.29) is 19.1 Å². The van der Waals surface area contributed by atoms with E-state index in [1.165, 1.54) is 11.3 Å². The van der Waals surface area contributed by atoms with Crippen molar-refractivity contribution >= 4 is 40.2 Å². The molecule has 168 valence electrons. The Balaban J connectivity index is 0.000000703. The second-order valence-electron chi connectivity index (χ2n) is 6.62. The van der Waals surface area contributed by atoms with Gasteiger partial charge in [0.25, 0.3) is 0 Å². The molecule has 0 radical (unpaired) electrons. The first-order valence-corrected chi connectivity index (χ1v) is 10.4. The number of esters is 1. The van der Waals surface area contributed by atoms with Crippen molar-refractivity contribution in [3.63, 3.8) is 0 Å². The third kappa shape index (κ3) is 8.97. The van der Waals surface area contributed by atoms with Gasteiger partial charge in [0.2, 0.25) is 5.91 Å². The average molecular weight is 451 g/mol. The lowest BCUT2D eigenvalue weighted by Gasteiger charge is -2.10. The number of amides is 1. The SMILES string of the molecule is CCOC(=O)c1c(-c2ccccc2)csc1NC(=O)CNCC(C)C.O=C(O)C(=O)O. The zero-order valence-electron chi connectivity index (χ0n) is 17.5. The summed E-state index contributed by atoms with van der Waals surface area (Å²) in [6.07, 6.45) is 0. The molecular formula is C21H26N2O7S. The number of anilines is 1. The number of carbonyl (C=O) groups is 4. The van der Waals surface area contributed by atoms with Gasteiger partial charge in [0, 0.05) is 10.9 Å². The van der Waals surface area contributed by atoms with Gasteiger partial charge in [0.05, 0.1) is 13.2 Å². The molecule has 1 aromatic heterocycles. The van der Waals surface area contributed by atoms with Gasteiger partial charge in [-0.3, -0.25) is 4.79 Å². The molecule has 1 aromatic carbocycles. The number of hydrogen-bond acceptors (Lipinski definition) is 7. The standard InChI is InChI=1S/C19H24N2O3S.C2H2O4/c1-4-24-19(23)17-15(14-8-6-5-7-9-14)12-25-18(17)21-16(22)11-20-10-13(2)3;3-1(4)2(5)6/h5-9,12-13,20H,4,10-11H2,1-3H3,(H,21,22);(H,3,4)(H,5,6). The van der Waals surface area contributed by atoms with Gasteiger partial charge in [-0.05, 0) is 24.9 Å². The zero-order chi connectivity index (χ0) is 23.4. The van der Waals surface area contributed by atoms with Crippen molar-refractivity contribution in [1.29, 1.82) is 0 Å². The van der Waals surface area contributed by atoms with Gasteiger partial charge in [-0.15, -0.1) is 11.3 Å². The van der Waals surface area contributed by atoms with Crippen molar-refractivity contribution in [3.8, 4) is 11.1 Å². The van der Waals surface area contributed by atoms with Gasteiger partial charge in [-0.25, -0.2) is 14.4 Å². The second-order valence-corrected chi connectivity index (χ2v) is 7.50. The summed E-state index contributed by atoms with van der Waals surface area (Å²) in [6.45, 7) is 7.17. The first kappa shape index (κ1) is 25.8. The van der Waals surface area contributed by atoms with Crippen molar-refractivity contribution in [2.45, 2.75) is 20.8 Å². The molecule has 0 aliphatic heterocycles. The molecule has 31 heavy (non-hydrogen) atoms. The first-order valence-electron chi connectivity index (χ1n) is 9.48. The minimum Gasteiger partial charge on any atom is -0.473 e. The lowest BCUT2D eigenvalue weighted by molar-refractivity contribution is -0.159. The van der Waals surface area contributed by atoms with Crippen molar-refractivity contribution in [2.24, 2.45) is 5.92 Å². The van der Waals surface area contributed by atoms with Crippen LogP contribution in [0.25, 0.3) is 11.1 Å². The average Bonchev–Trinajstić information content (AvgIpc) is 3.12. The molecule has 1 heterocycles. The van der Waals surface area contributed by atoms with Crippen molar-refractivity contribution in [3.05, 3.63) is 41.3 Å². The number of ether oxygens (including phenoxy) is 1. The fourth-order valence-corrected chi connectivity index (χ4v) is 3.30. The van der Waals surface area contributed by atoms with Crippen LogP contribution in [0.3, 0.4) is 0 Å². The number of rotatable bonds is 8. The third-order valence-corrected chi connectivity index (χ3v) is 4.52. The fraction of sp³-hybridized carbons (Fsp3) is 0.333. The number of carbonyl (C=O) groups excluding carboxylic acids is 2. The van der Waals surface area contributed by atoms with Gasteiger partial charge in [0.15, 0.2) is 0 Å². The summed E-state index contributed by atoms with van der Waals surface area (Å²) in [5.74, 6) is -3.78. The number of benzene rings is 1. The lowest BCUT2D eigenvalue weighted by Crippen LogP contribution is -2.30. The molecule has 0 spiro atoms. The fourth-order valence-electron chi connectivity index (χ4n) is 2.33. The van der Waals surface area contributed by atoms with Crippen LogP contribution in [0.4, 0.5) is 5.00 Å². The normalized spacial score (nSPS) is 10.1. The Bertz CT molecular complexity index is 882. The van der Waals surface area contributed by atoms with Crippen LogP contribution in [-0.2, 0) is 19.1 Å². The quantitative estimate of drug-likeness (QED) is 0.355. The van der Waals surface area contributed by atoms with Gasteiger partial charge in [-0.1, -0.05) is 44.2 Å². The van der Waals surface area contributed by atoms with E-state index in [0.717, 1.165) is 17.7 Å². The predicted octanol–water partition coefficient (Wildman–Crippen LogP) is 2.93. The summed E-state index contributed by atoms with van der Waals surface area (Å²) < 4.78 is 5.18. The highest BCUT2D eigenvalue weighted by atomic mass is 32.1. The van der Waals surface area contributed by atoms with E-state index >= 15 is 0 Å². The van der Waals surface area contributed by atoms with Crippen LogP contribution in [-0.4, -0.2) is 53.7 Å². The molecule has 4 N–H and O–H groups in total.